The summed E-state index contributed by atoms with van der Waals surface area (Å²) in [6.45, 7) is 14.4. The molecule has 1 fully saturated rings. The van der Waals surface area contributed by atoms with Crippen molar-refractivity contribution in [3.05, 3.63) is 0 Å². The summed E-state index contributed by atoms with van der Waals surface area (Å²) >= 11 is 0. The van der Waals surface area contributed by atoms with Crippen molar-refractivity contribution in [2.75, 3.05) is 19.8 Å². The van der Waals surface area contributed by atoms with E-state index in [4.69, 9.17) is 14.2 Å². The molecule has 0 amide bonds. The topological polar surface area (TPSA) is 44.8 Å². The normalized spacial score (nSPS) is 22.0. The minimum atomic E-state index is -0.464. The van der Waals surface area contributed by atoms with Crippen LogP contribution >= 0.6 is 0 Å². The first kappa shape index (κ1) is 20.4. The second kappa shape index (κ2) is 9.03. The van der Waals surface area contributed by atoms with Crippen LogP contribution in [0.2, 0.25) is 0 Å². The van der Waals surface area contributed by atoms with Gasteiger partial charge in [0, 0.05) is 13.0 Å². The molecule has 0 N–H and O–H groups in total. The van der Waals surface area contributed by atoms with Crippen molar-refractivity contribution in [2.45, 2.75) is 79.9 Å². The summed E-state index contributed by atoms with van der Waals surface area (Å²) in [4.78, 5) is 12.6. The van der Waals surface area contributed by atoms with E-state index in [1.807, 2.05) is 6.92 Å². The van der Waals surface area contributed by atoms with Crippen LogP contribution in [0.5, 0.6) is 0 Å². The highest BCUT2D eigenvalue weighted by molar-refractivity contribution is 5.77. The lowest BCUT2D eigenvalue weighted by atomic mass is 9.64. The first-order valence-electron chi connectivity index (χ1n) is 9.07. The van der Waals surface area contributed by atoms with Crippen molar-refractivity contribution in [3.63, 3.8) is 0 Å². The number of carbonyl (C=O) groups excluding carboxylic acids is 1. The Balaban J connectivity index is 2.34. The maximum atomic E-state index is 12.6. The summed E-state index contributed by atoms with van der Waals surface area (Å²) in [5, 5.41) is 0. The molecule has 1 aliphatic heterocycles. The van der Waals surface area contributed by atoms with Gasteiger partial charge in [0.05, 0.1) is 18.6 Å². The van der Waals surface area contributed by atoms with Gasteiger partial charge in [0.1, 0.15) is 0 Å². The number of hydrogen-bond donors (Lipinski definition) is 0. The predicted octanol–water partition coefficient (Wildman–Crippen LogP) is 4.56. The molecule has 0 aromatic rings. The fourth-order valence-corrected chi connectivity index (χ4v) is 2.95. The molecular formula is C19H36O4. The Morgan fingerprint density at radius 1 is 1.17 bits per heavy atom. The van der Waals surface area contributed by atoms with Crippen LogP contribution < -0.4 is 0 Å². The molecule has 0 aromatic carbocycles. The van der Waals surface area contributed by atoms with E-state index in [0.29, 0.717) is 25.6 Å². The molecule has 0 aromatic heterocycles. The minimum absolute atomic E-state index is 0.0692. The fourth-order valence-electron chi connectivity index (χ4n) is 2.95. The lowest BCUT2D eigenvalue weighted by Gasteiger charge is -2.40. The van der Waals surface area contributed by atoms with Gasteiger partial charge >= 0.3 is 5.97 Å². The van der Waals surface area contributed by atoms with Crippen LogP contribution in [0, 0.1) is 16.7 Å². The van der Waals surface area contributed by atoms with Crippen LogP contribution in [-0.2, 0) is 19.0 Å². The van der Waals surface area contributed by atoms with Gasteiger partial charge in [-0.2, -0.15) is 0 Å². The summed E-state index contributed by atoms with van der Waals surface area (Å²) in [7, 11) is 0. The quantitative estimate of drug-likeness (QED) is 0.484. The Morgan fingerprint density at radius 2 is 1.87 bits per heavy atom. The summed E-state index contributed by atoms with van der Waals surface area (Å²) in [5.74, 6) is 0.367. The molecule has 2 unspecified atom stereocenters. The Hall–Kier alpha value is -0.610. The lowest BCUT2D eigenvalue weighted by Crippen LogP contribution is -2.42. The van der Waals surface area contributed by atoms with Crippen molar-refractivity contribution in [3.8, 4) is 0 Å². The Kier molecular flexibility index (Phi) is 8.02. The van der Waals surface area contributed by atoms with Crippen molar-refractivity contribution < 1.29 is 19.0 Å². The molecule has 4 nitrogen and oxygen atoms in total. The molecular weight excluding hydrogens is 292 g/mol. The van der Waals surface area contributed by atoms with Crippen molar-refractivity contribution in [2.24, 2.45) is 16.7 Å². The number of esters is 1. The van der Waals surface area contributed by atoms with Gasteiger partial charge in [-0.25, -0.2) is 0 Å². The van der Waals surface area contributed by atoms with Crippen molar-refractivity contribution in [1.29, 1.82) is 0 Å². The third-order valence-corrected chi connectivity index (χ3v) is 4.89. The van der Waals surface area contributed by atoms with Gasteiger partial charge in [-0.05, 0) is 43.9 Å². The second-order valence-corrected chi connectivity index (χ2v) is 8.34. The molecule has 0 radical (unpaired) electrons. The first-order chi connectivity index (χ1) is 10.7. The zero-order valence-corrected chi connectivity index (χ0v) is 15.9. The second-order valence-electron chi connectivity index (χ2n) is 8.34. The molecule has 0 bridgehead atoms. The average molecular weight is 328 g/mol. The highest BCUT2D eigenvalue weighted by Crippen LogP contribution is 2.44. The van der Waals surface area contributed by atoms with Gasteiger partial charge in [0.25, 0.3) is 0 Å². The molecule has 4 heteroatoms. The third-order valence-electron chi connectivity index (χ3n) is 4.89. The van der Waals surface area contributed by atoms with Crippen molar-refractivity contribution in [1.82, 2.24) is 0 Å². The Labute approximate surface area is 142 Å². The van der Waals surface area contributed by atoms with E-state index in [9.17, 15) is 4.79 Å². The highest BCUT2D eigenvalue weighted by Gasteiger charge is 2.45. The monoisotopic (exact) mass is 328 g/mol. The van der Waals surface area contributed by atoms with Crippen LogP contribution in [-0.4, -0.2) is 32.1 Å². The standard InChI is InChI=1S/C19H36O4/c1-15(2)14-19(6,18(3,4)5)17(20)23-13-9-12-22-16-10-7-8-11-21-16/h15-16H,7-14H2,1-6H3. The van der Waals surface area contributed by atoms with E-state index in [2.05, 4.69) is 34.6 Å². The molecule has 0 aliphatic carbocycles. The van der Waals surface area contributed by atoms with E-state index in [0.717, 1.165) is 25.9 Å². The Morgan fingerprint density at radius 3 is 2.39 bits per heavy atom. The van der Waals surface area contributed by atoms with Gasteiger partial charge in [-0.1, -0.05) is 34.6 Å². The third kappa shape index (κ3) is 6.42. The SMILES string of the molecule is CC(C)CC(C)(C(=O)OCCCOC1CCCCO1)C(C)(C)C. The van der Waals surface area contributed by atoms with Crippen LogP contribution in [0.4, 0.5) is 0 Å². The maximum Gasteiger partial charge on any atom is 0.312 e. The summed E-state index contributed by atoms with van der Waals surface area (Å²) < 4.78 is 16.8. The van der Waals surface area contributed by atoms with E-state index < -0.39 is 5.41 Å². The van der Waals surface area contributed by atoms with Gasteiger partial charge in [-0.3, -0.25) is 4.79 Å². The van der Waals surface area contributed by atoms with Crippen LogP contribution in [0.15, 0.2) is 0 Å². The zero-order chi connectivity index (χ0) is 17.5. The average Bonchev–Trinajstić information content (AvgIpc) is 2.45. The van der Waals surface area contributed by atoms with E-state index in [1.165, 1.54) is 6.42 Å². The maximum absolute atomic E-state index is 12.6. The molecule has 1 saturated heterocycles. The molecule has 1 rings (SSSR count). The first-order valence-corrected chi connectivity index (χ1v) is 9.07. The molecule has 2 atom stereocenters. The molecule has 0 saturated carbocycles. The van der Waals surface area contributed by atoms with E-state index in [-0.39, 0.29) is 17.7 Å². The van der Waals surface area contributed by atoms with E-state index in [1.54, 1.807) is 0 Å². The highest BCUT2D eigenvalue weighted by atomic mass is 16.7. The number of rotatable bonds is 8. The number of ether oxygens (including phenoxy) is 3. The Bertz CT molecular complexity index is 353. The largest absolute Gasteiger partial charge is 0.465 e. The molecule has 0 spiro atoms. The van der Waals surface area contributed by atoms with Gasteiger partial charge < -0.3 is 14.2 Å². The minimum Gasteiger partial charge on any atom is -0.465 e. The number of carbonyl (C=O) groups is 1. The van der Waals surface area contributed by atoms with Gasteiger partial charge in [0.2, 0.25) is 0 Å². The molecule has 1 heterocycles. The summed E-state index contributed by atoms with van der Waals surface area (Å²) in [6, 6.07) is 0. The molecule has 23 heavy (non-hydrogen) atoms. The van der Waals surface area contributed by atoms with Gasteiger partial charge in [-0.15, -0.1) is 0 Å². The van der Waals surface area contributed by atoms with Gasteiger partial charge in [0.15, 0.2) is 6.29 Å². The fraction of sp³-hybridized carbons (Fsp3) is 0.947. The smallest absolute Gasteiger partial charge is 0.312 e. The van der Waals surface area contributed by atoms with Crippen molar-refractivity contribution >= 4 is 5.97 Å². The van der Waals surface area contributed by atoms with Crippen LogP contribution in [0.1, 0.15) is 73.6 Å². The summed E-state index contributed by atoms with van der Waals surface area (Å²) in [6.07, 6.45) is 4.74. The van der Waals surface area contributed by atoms with E-state index >= 15 is 0 Å². The zero-order valence-electron chi connectivity index (χ0n) is 15.9. The lowest BCUT2D eigenvalue weighted by molar-refractivity contribution is -0.170. The molecule has 136 valence electrons. The van der Waals surface area contributed by atoms with Crippen LogP contribution in [0.25, 0.3) is 0 Å². The van der Waals surface area contributed by atoms with Crippen LogP contribution in [0.3, 0.4) is 0 Å². The predicted molar refractivity (Wildman–Crippen MR) is 92.1 cm³/mol. The number of hydrogen-bond acceptors (Lipinski definition) is 4. The summed E-state index contributed by atoms with van der Waals surface area (Å²) in [5.41, 5.74) is -0.588. The molecule has 1 aliphatic rings.